The molecule has 2 N–H and O–H groups in total. The molecule has 0 saturated carbocycles. The molecule has 0 fully saturated rings. The number of aromatic nitrogens is 1. The number of nitrogens with one attached hydrogen (secondary N) is 2. The van der Waals surface area contributed by atoms with Crippen LogP contribution in [0.4, 0.5) is 5.69 Å². The normalized spacial score (nSPS) is 10.7. The Bertz CT molecular complexity index is 1460. The molecule has 0 atom stereocenters. The van der Waals surface area contributed by atoms with E-state index in [1.165, 1.54) is 0 Å². The Morgan fingerprint density at radius 2 is 1.50 bits per heavy atom. The van der Waals surface area contributed by atoms with Gasteiger partial charge in [-0.2, -0.15) is 0 Å². The van der Waals surface area contributed by atoms with Crippen molar-refractivity contribution in [3.8, 4) is 22.6 Å². The first-order valence-electron chi connectivity index (χ1n) is 10.6. The number of nitrogens with zero attached hydrogens (tertiary/aromatic N) is 1. The van der Waals surface area contributed by atoms with E-state index in [1.54, 1.807) is 24.3 Å². The van der Waals surface area contributed by atoms with Crippen molar-refractivity contribution in [2.75, 3.05) is 5.32 Å². The van der Waals surface area contributed by atoms with Crippen LogP contribution in [0.25, 0.3) is 33.7 Å². The van der Waals surface area contributed by atoms with Crippen molar-refractivity contribution < 1.29 is 9.21 Å². The van der Waals surface area contributed by atoms with E-state index in [-0.39, 0.29) is 5.91 Å². The zero-order valence-corrected chi connectivity index (χ0v) is 18.8. The predicted octanol–water partition coefficient (Wildman–Crippen LogP) is 7.13. The van der Waals surface area contributed by atoms with Crippen molar-refractivity contribution in [3.63, 3.8) is 0 Å². The van der Waals surface area contributed by atoms with Gasteiger partial charge in [-0.25, -0.2) is 4.98 Å². The Balaban J connectivity index is 1.28. The second kappa shape index (κ2) is 9.25. The van der Waals surface area contributed by atoms with Crippen molar-refractivity contribution in [2.24, 2.45) is 0 Å². The maximum absolute atomic E-state index is 12.7. The maximum atomic E-state index is 12.7. The fraction of sp³-hybridized carbons (Fsp3) is 0. The number of rotatable bonds is 6. The number of benzene rings is 4. The molecule has 4 aromatic carbocycles. The Hall–Kier alpha value is -4.35. The van der Waals surface area contributed by atoms with Gasteiger partial charge < -0.3 is 15.1 Å². The van der Waals surface area contributed by atoms with E-state index in [1.807, 2.05) is 72.8 Å². The average molecular weight is 466 g/mol. The Morgan fingerprint density at radius 3 is 2.26 bits per heavy atom. The maximum Gasteiger partial charge on any atom is 0.256 e. The van der Waals surface area contributed by atoms with E-state index < -0.39 is 0 Å². The number of fused-ring (bicyclic) bond motifs is 1. The van der Waals surface area contributed by atoms with Gasteiger partial charge in [0.2, 0.25) is 5.89 Å². The van der Waals surface area contributed by atoms with Crippen molar-refractivity contribution >= 4 is 34.3 Å². The number of carbonyl (C=O) groups is 1. The molecule has 6 heteroatoms. The van der Waals surface area contributed by atoms with E-state index in [0.717, 1.165) is 22.2 Å². The van der Waals surface area contributed by atoms with E-state index >= 15 is 0 Å². The summed E-state index contributed by atoms with van der Waals surface area (Å²) in [6.07, 6.45) is 0. The van der Waals surface area contributed by atoms with Crippen LogP contribution in [-0.2, 0) is 0 Å². The van der Waals surface area contributed by atoms with Crippen LogP contribution in [0.5, 0.6) is 0 Å². The predicted molar refractivity (Wildman–Crippen MR) is 137 cm³/mol. The summed E-state index contributed by atoms with van der Waals surface area (Å²) in [5.74, 6) is 0.506. The molecule has 0 aliphatic rings. The third kappa shape index (κ3) is 4.56. The number of anilines is 1. The molecule has 1 aromatic heterocycles. The molecule has 166 valence electrons. The van der Waals surface area contributed by atoms with Crippen LogP contribution >= 0.6 is 11.6 Å². The van der Waals surface area contributed by atoms with Gasteiger partial charge >= 0.3 is 0 Å². The molecule has 0 spiro atoms. The molecule has 0 saturated heterocycles. The first kappa shape index (κ1) is 21.5. The first-order valence-corrected chi connectivity index (χ1v) is 11.0. The first-order chi connectivity index (χ1) is 16.6. The van der Waals surface area contributed by atoms with Crippen molar-refractivity contribution in [1.82, 2.24) is 10.3 Å². The van der Waals surface area contributed by atoms with Gasteiger partial charge in [0.05, 0.1) is 10.7 Å². The van der Waals surface area contributed by atoms with Gasteiger partial charge in [-0.15, -0.1) is 0 Å². The van der Waals surface area contributed by atoms with Crippen molar-refractivity contribution in [2.45, 2.75) is 0 Å². The minimum absolute atomic E-state index is 0.275. The summed E-state index contributed by atoms with van der Waals surface area (Å²) in [5, 5.41) is 6.31. The topological polar surface area (TPSA) is 67.2 Å². The summed E-state index contributed by atoms with van der Waals surface area (Å²) in [5.41, 5.74) is 5.46. The number of hydrogen-bond donors (Lipinski definition) is 2. The zero-order chi connectivity index (χ0) is 23.5. The molecular weight excluding hydrogens is 446 g/mol. The van der Waals surface area contributed by atoms with Gasteiger partial charge in [-0.3, -0.25) is 4.79 Å². The van der Waals surface area contributed by atoms with Crippen LogP contribution in [0.15, 0.2) is 114 Å². The summed E-state index contributed by atoms with van der Waals surface area (Å²) in [7, 11) is 0. The molecule has 34 heavy (non-hydrogen) atoms. The largest absolute Gasteiger partial charge is 0.436 e. The molecule has 0 radical (unpaired) electrons. The molecule has 0 aliphatic carbocycles. The number of para-hydroxylation sites is 2. The third-order valence-electron chi connectivity index (χ3n) is 5.31. The molecular formula is C28H20ClN3O2. The minimum Gasteiger partial charge on any atom is -0.436 e. The SMILES string of the molecule is C=C(NC(=O)c1ccc(-c2ccccc2)cc1)Nc1cc(-c2nc3ccccc3o2)ccc1Cl. The molecule has 5 rings (SSSR count). The average Bonchev–Trinajstić information content (AvgIpc) is 3.30. The van der Waals surface area contributed by atoms with Gasteiger partial charge in [0, 0.05) is 11.1 Å². The van der Waals surface area contributed by atoms with Crippen LogP contribution < -0.4 is 10.6 Å². The Labute approximate surface area is 201 Å². The molecule has 1 heterocycles. The highest BCUT2D eigenvalue weighted by atomic mass is 35.5. The summed E-state index contributed by atoms with van der Waals surface area (Å²) in [6.45, 7) is 3.92. The van der Waals surface area contributed by atoms with E-state index in [4.69, 9.17) is 16.0 Å². The summed E-state index contributed by atoms with van der Waals surface area (Å²) >= 11 is 6.37. The highest BCUT2D eigenvalue weighted by Gasteiger charge is 2.12. The molecule has 5 nitrogen and oxygen atoms in total. The number of carbonyl (C=O) groups excluding carboxylic acids is 1. The van der Waals surface area contributed by atoms with Crippen LogP contribution in [0.1, 0.15) is 10.4 Å². The van der Waals surface area contributed by atoms with Crippen LogP contribution in [0.3, 0.4) is 0 Å². The number of halogens is 1. The third-order valence-corrected chi connectivity index (χ3v) is 5.64. The van der Waals surface area contributed by atoms with Crippen LogP contribution in [0, 0.1) is 0 Å². The van der Waals surface area contributed by atoms with Gasteiger partial charge in [0.1, 0.15) is 11.3 Å². The zero-order valence-electron chi connectivity index (χ0n) is 18.1. The smallest absolute Gasteiger partial charge is 0.256 e. The van der Waals surface area contributed by atoms with Crippen molar-refractivity contribution in [3.05, 3.63) is 120 Å². The molecule has 0 unspecified atom stereocenters. The number of oxazole rings is 1. The quantitative estimate of drug-likeness (QED) is 0.280. The lowest BCUT2D eigenvalue weighted by atomic mass is 10.0. The second-order valence-electron chi connectivity index (χ2n) is 7.68. The molecule has 0 bridgehead atoms. The molecule has 5 aromatic rings. The minimum atomic E-state index is -0.275. The summed E-state index contributed by atoms with van der Waals surface area (Å²) in [6, 6.07) is 30.3. The number of amides is 1. The summed E-state index contributed by atoms with van der Waals surface area (Å²) < 4.78 is 5.84. The van der Waals surface area contributed by atoms with Crippen molar-refractivity contribution in [1.29, 1.82) is 0 Å². The fourth-order valence-corrected chi connectivity index (χ4v) is 3.76. The monoisotopic (exact) mass is 465 g/mol. The van der Waals surface area contributed by atoms with Gasteiger partial charge in [-0.05, 0) is 53.6 Å². The standard InChI is InChI=1S/C28H20ClN3O2/c1-18(31-27(33)21-13-11-20(12-14-21)19-7-3-2-4-8-19)30-25-17-22(15-16-23(25)29)28-32-24-9-5-6-10-26(24)34-28/h2-17,30H,1H2,(H,31,33). The lowest BCUT2D eigenvalue weighted by molar-refractivity contribution is 0.0966. The lowest BCUT2D eigenvalue weighted by Gasteiger charge is -2.13. The highest BCUT2D eigenvalue weighted by Crippen LogP contribution is 2.31. The molecule has 0 aliphatic heterocycles. The van der Waals surface area contributed by atoms with Crippen LogP contribution in [-0.4, -0.2) is 10.9 Å². The second-order valence-corrected chi connectivity index (χ2v) is 8.09. The van der Waals surface area contributed by atoms with Gasteiger partial charge in [0.25, 0.3) is 5.91 Å². The summed E-state index contributed by atoms with van der Waals surface area (Å²) in [4.78, 5) is 17.2. The lowest BCUT2D eigenvalue weighted by Crippen LogP contribution is -2.26. The van der Waals surface area contributed by atoms with Gasteiger partial charge in [0.15, 0.2) is 5.58 Å². The van der Waals surface area contributed by atoms with E-state index in [9.17, 15) is 4.79 Å². The fourth-order valence-electron chi connectivity index (χ4n) is 3.60. The van der Waals surface area contributed by atoms with E-state index in [2.05, 4.69) is 22.2 Å². The number of hydrogen-bond acceptors (Lipinski definition) is 4. The molecule has 1 amide bonds. The van der Waals surface area contributed by atoms with E-state index in [0.29, 0.717) is 33.6 Å². The Kier molecular flexibility index (Phi) is 5.85. The van der Waals surface area contributed by atoms with Gasteiger partial charge in [-0.1, -0.05) is 72.8 Å². The Morgan fingerprint density at radius 1 is 0.824 bits per heavy atom. The van der Waals surface area contributed by atoms with Crippen LogP contribution in [0.2, 0.25) is 5.02 Å². The highest BCUT2D eigenvalue weighted by molar-refractivity contribution is 6.33.